The number of hydrogen-bond acceptors (Lipinski definition) is 4. The monoisotopic (exact) mass is 356 g/mol. The highest BCUT2D eigenvalue weighted by molar-refractivity contribution is 7.91. The highest BCUT2D eigenvalue weighted by Crippen LogP contribution is 2.23. The van der Waals surface area contributed by atoms with Gasteiger partial charge in [0, 0.05) is 11.4 Å². The Balaban J connectivity index is 2.23. The molecule has 0 saturated carbocycles. The minimum absolute atomic E-state index is 0.0898. The van der Waals surface area contributed by atoms with Gasteiger partial charge in [-0.1, -0.05) is 13.2 Å². The van der Waals surface area contributed by atoms with Crippen molar-refractivity contribution in [2.45, 2.75) is 9.79 Å². The third-order valence-electron chi connectivity index (χ3n) is 3.24. The van der Waals surface area contributed by atoms with Gasteiger partial charge >= 0.3 is 0 Å². The van der Waals surface area contributed by atoms with Crippen LogP contribution >= 0.6 is 0 Å². The standard InChI is InChI=1S/C18H16N2O4S/c1-3-17(21)19-13-5-9-15(10-6-13)25(23,24)16-11-7-14(8-12-16)20-18(22)4-2/h3-12H,1-2H2,(H,19,21)(H,20,22). The normalized spacial score (nSPS) is 10.6. The smallest absolute Gasteiger partial charge is 0.247 e. The van der Waals surface area contributed by atoms with Crippen LogP contribution in [0.15, 0.2) is 83.6 Å². The van der Waals surface area contributed by atoms with Crippen LogP contribution < -0.4 is 10.6 Å². The molecule has 0 aliphatic carbocycles. The molecule has 25 heavy (non-hydrogen) atoms. The van der Waals surface area contributed by atoms with E-state index in [2.05, 4.69) is 23.8 Å². The van der Waals surface area contributed by atoms with Crippen LogP contribution in [-0.4, -0.2) is 20.2 Å². The van der Waals surface area contributed by atoms with Gasteiger partial charge in [0.1, 0.15) is 0 Å². The van der Waals surface area contributed by atoms with E-state index in [0.29, 0.717) is 11.4 Å². The first-order valence-electron chi connectivity index (χ1n) is 7.19. The Hall–Kier alpha value is -3.19. The predicted octanol–water partition coefficient (Wildman–Crippen LogP) is 2.77. The summed E-state index contributed by atoms with van der Waals surface area (Å²) in [7, 11) is -3.71. The number of rotatable bonds is 6. The molecule has 0 aliphatic heterocycles. The van der Waals surface area contributed by atoms with Gasteiger partial charge in [-0.15, -0.1) is 0 Å². The minimum atomic E-state index is -3.71. The number of hydrogen-bond donors (Lipinski definition) is 2. The zero-order chi connectivity index (χ0) is 18.4. The van der Waals surface area contributed by atoms with Crippen molar-refractivity contribution in [3.63, 3.8) is 0 Å². The van der Waals surface area contributed by atoms with Crippen molar-refractivity contribution in [1.82, 2.24) is 0 Å². The Labute approximate surface area is 145 Å². The van der Waals surface area contributed by atoms with Crippen LogP contribution in [0.3, 0.4) is 0 Å². The van der Waals surface area contributed by atoms with E-state index in [1.165, 1.54) is 48.5 Å². The molecule has 2 amide bonds. The maximum Gasteiger partial charge on any atom is 0.247 e. The Bertz CT molecular complexity index is 843. The number of anilines is 2. The van der Waals surface area contributed by atoms with Crippen LogP contribution in [0.1, 0.15) is 0 Å². The van der Waals surface area contributed by atoms with Crippen molar-refractivity contribution in [3.05, 3.63) is 73.8 Å². The fourth-order valence-electron chi connectivity index (χ4n) is 1.96. The van der Waals surface area contributed by atoms with Gasteiger partial charge in [0.25, 0.3) is 0 Å². The summed E-state index contributed by atoms with van der Waals surface area (Å²) in [5.41, 5.74) is 0.928. The van der Waals surface area contributed by atoms with E-state index < -0.39 is 9.84 Å². The van der Waals surface area contributed by atoms with Gasteiger partial charge < -0.3 is 10.6 Å². The lowest BCUT2D eigenvalue weighted by Gasteiger charge is -2.08. The number of carbonyl (C=O) groups excluding carboxylic acids is 2. The van der Waals surface area contributed by atoms with Gasteiger partial charge in [0.2, 0.25) is 21.7 Å². The molecule has 7 heteroatoms. The Morgan fingerprint density at radius 3 is 1.32 bits per heavy atom. The summed E-state index contributed by atoms with van der Waals surface area (Å²) >= 11 is 0. The van der Waals surface area contributed by atoms with Crippen molar-refractivity contribution >= 4 is 33.0 Å². The molecule has 0 spiro atoms. The molecule has 0 heterocycles. The third-order valence-corrected chi connectivity index (χ3v) is 5.02. The van der Waals surface area contributed by atoms with E-state index in [-0.39, 0.29) is 21.6 Å². The Morgan fingerprint density at radius 2 is 1.04 bits per heavy atom. The van der Waals surface area contributed by atoms with Gasteiger partial charge in [-0.2, -0.15) is 0 Å². The van der Waals surface area contributed by atoms with Crippen molar-refractivity contribution in [1.29, 1.82) is 0 Å². The van der Waals surface area contributed by atoms with Crippen LogP contribution in [-0.2, 0) is 19.4 Å². The maximum absolute atomic E-state index is 12.6. The van der Waals surface area contributed by atoms with Crippen molar-refractivity contribution < 1.29 is 18.0 Å². The molecule has 0 atom stereocenters. The summed E-state index contributed by atoms with van der Waals surface area (Å²) in [6.45, 7) is 6.69. The van der Waals surface area contributed by atoms with Crippen molar-refractivity contribution in [2.75, 3.05) is 10.6 Å². The second-order valence-corrected chi connectivity index (χ2v) is 6.89. The van der Waals surface area contributed by atoms with E-state index in [1.807, 2.05) is 0 Å². The molecular formula is C18H16N2O4S. The molecule has 0 aromatic heterocycles. The quantitative estimate of drug-likeness (QED) is 0.779. The zero-order valence-corrected chi connectivity index (χ0v) is 14.0. The van der Waals surface area contributed by atoms with Gasteiger partial charge in [0.05, 0.1) is 9.79 Å². The fourth-order valence-corrected chi connectivity index (χ4v) is 3.22. The molecule has 0 aliphatic rings. The molecule has 0 bridgehead atoms. The molecule has 128 valence electrons. The Kier molecular flexibility index (Phi) is 5.51. The third kappa shape index (κ3) is 4.42. The molecule has 0 radical (unpaired) electrons. The van der Waals surface area contributed by atoms with Gasteiger partial charge in [-0.3, -0.25) is 9.59 Å². The van der Waals surface area contributed by atoms with Crippen molar-refractivity contribution in [3.8, 4) is 0 Å². The molecule has 0 unspecified atom stereocenters. The molecule has 2 aromatic rings. The summed E-state index contributed by atoms with van der Waals surface area (Å²) in [5.74, 6) is -0.763. The van der Waals surface area contributed by atoms with Crippen LogP contribution in [0.4, 0.5) is 11.4 Å². The first kappa shape index (κ1) is 18.2. The molecule has 0 fully saturated rings. The molecule has 0 saturated heterocycles. The lowest BCUT2D eigenvalue weighted by atomic mass is 10.3. The largest absolute Gasteiger partial charge is 0.323 e. The highest BCUT2D eigenvalue weighted by atomic mass is 32.2. The SMILES string of the molecule is C=CC(=O)Nc1ccc(S(=O)(=O)c2ccc(NC(=O)C=C)cc2)cc1. The average Bonchev–Trinajstić information content (AvgIpc) is 2.62. The molecular weight excluding hydrogens is 340 g/mol. The predicted molar refractivity (Wildman–Crippen MR) is 96.0 cm³/mol. The summed E-state index contributed by atoms with van der Waals surface area (Å²) in [4.78, 5) is 22.6. The number of carbonyl (C=O) groups is 2. The van der Waals surface area contributed by atoms with Crippen LogP contribution in [0.25, 0.3) is 0 Å². The lowest BCUT2D eigenvalue weighted by Crippen LogP contribution is -2.08. The fraction of sp³-hybridized carbons (Fsp3) is 0. The second-order valence-electron chi connectivity index (χ2n) is 4.94. The van der Waals surface area contributed by atoms with Crippen LogP contribution in [0.5, 0.6) is 0 Å². The van der Waals surface area contributed by atoms with E-state index in [9.17, 15) is 18.0 Å². The highest BCUT2D eigenvalue weighted by Gasteiger charge is 2.17. The summed E-state index contributed by atoms with van der Waals surface area (Å²) < 4.78 is 25.2. The first-order valence-corrected chi connectivity index (χ1v) is 8.67. The molecule has 6 nitrogen and oxygen atoms in total. The molecule has 2 aromatic carbocycles. The molecule has 2 N–H and O–H groups in total. The minimum Gasteiger partial charge on any atom is -0.323 e. The summed E-state index contributed by atoms with van der Waals surface area (Å²) in [5, 5.41) is 5.08. The molecule has 2 rings (SSSR count). The number of amides is 2. The number of nitrogens with one attached hydrogen (secondary N) is 2. The lowest BCUT2D eigenvalue weighted by molar-refractivity contribution is -0.112. The average molecular weight is 356 g/mol. The van der Waals surface area contributed by atoms with E-state index >= 15 is 0 Å². The van der Waals surface area contributed by atoms with E-state index in [0.717, 1.165) is 12.2 Å². The number of benzene rings is 2. The summed E-state index contributed by atoms with van der Waals surface area (Å²) in [6, 6.07) is 11.6. The number of sulfone groups is 1. The van der Waals surface area contributed by atoms with E-state index in [4.69, 9.17) is 0 Å². The zero-order valence-electron chi connectivity index (χ0n) is 13.2. The van der Waals surface area contributed by atoms with Crippen LogP contribution in [0, 0.1) is 0 Å². The maximum atomic E-state index is 12.6. The van der Waals surface area contributed by atoms with Crippen molar-refractivity contribution in [2.24, 2.45) is 0 Å². The first-order chi connectivity index (χ1) is 11.9. The van der Waals surface area contributed by atoms with Gasteiger partial charge in [-0.25, -0.2) is 8.42 Å². The summed E-state index contributed by atoms with van der Waals surface area (Å²) in [6.07, 6.45) is 2.24. The van der Waals surface area contributed by atoms with Crippen LogP contribution in [0.2, 0.25) is 0 Å². The van der Waals surface area contributed by atoms with Gasteiger partial charge in [0.15, 0.2) is 0 Å². The van der Waals surface area contributed by atoms with E-state index in [1.54, 1.807) is 0 Å². The second kappa shape index (κ2) is 7.59. The topological polar surface area (TPSA) is 92.3 Å². The van der Waals surface area contributed by atoms with Gasteiger partial charge in [-0.05, 0) is 60.7 Å². The Morgan fingerprint density at radius 1 is 0.720 bits per heavy atom.